The maximum absolute atomic E-state index is 12.8. The molecule has 242 valence electrons. The molecular formula is C28H40F6O8. The van der Waals surface area contributed by atoms with E-state index < -0.39 is 71.8 Å². The SMILES string of the molecule is CCC(C)(C)C(=O)OC1C2CC3C(=O)OC1C3O2.CCC(C)(C)C(=O)OC1CCC(C(O)(C(F)(F)F)C(F)(F)F)CC1. The summed E-state index contributed by atoms with van der Waals surface area (Å²) in [6, 6.07) is 0. The molecule has 0 amide bonds. The van der Waals surface area contributed by atoms with Gasteiger partial charge in [0.1, 0.15) is 12.2 Å². The number of rotatable bonds is 7. The second-order valence-corrected chi connectivity index (χ2v) is 12.9. The number of hydrogen-bond acceptors (Lipinski definition) is 8. The first kappa shape index (κ1) is 34.4. The Morgan fingerprint density at radius 2 is 1.31 bits per heavy atom. The summed E-state index contributed by atoms with van der Waals surface area (Å²) in [6.07, 6.45) is -13.1. The Balaban J connectivity index is 0.000000238. The van der Waals surface area contributed by atoms with Gasteiger partial charge in [0, 0.05) is 5.92 Å². The summed E-state index contributed by atoms with van der Waals surface area (Å²) >= 11 is 0. The van der Waals surface area contributed by atoms with Crippen molar-refractivity contribution in [1.29, 1.82) is 0 Å². The summed E-state index contributed by atoms with van der Waals surface area (Å²) in [6.45, 7) is 10.7. The Labute approximate surface area is 240 Å². The molecule has 0 aromatic heterocycles. The number of carbonyl (C=O) groups is 3. The van der Waals surface area contributed by atoms with Crippen LogP contribution in [0, 0.1) is 22.7 Å². The molecule has 1 aliphatic carbocycles. The van der Waals surface area contributed by atoms with Crippen molar-refractivity contribution in [2.45, 2.75) is 135 Å². The van der Waals surface area contributed by atoms with Gasteiger partial charge in [-0.3, -0.25) is 14.4 Å². The van der Waals surface area contributed by atoms with Gasteiger partial charge < -0.3 is 24.1 Å². The maximum Gasteiger partial charge on any atom is 0.426 e. The van der Waals surface area contributed by atoms with Crippen LogP contribution in [-0.4, -0.2) is 71.5 Å². The van der Waals surface area contributed by atoms with Crippen molar-refractivity contribution in [1.82, 2.24) is 0 Å². The van der Waals surface area contributed by atoms with E-state index in [1.54, 1.807) is 20.8 Å². The normalized spacial score (nSPS) is 31.3. The predicted octanol–water partition coefficient (Wildman–Crippen LogP) is 5.43. The first-order chi connectivity index (χ1) is 19.1. The summed E-state index contributed by atoms with van der Waals surface area (Å²) in [5.41, 5.74) is -6.02. The van der Waals surface area contributed by atoms with Crippen LogP contribution in [0.2, 0.25) is 0 Å². The molecule has 8 nitrogen and oxygen atoms in total. The van der Waals surface area contributed by atoms with Crippen molar-refractivity contribution < 1.29 is 64.8 Å². The molecule has 4 fully saturated rings. The number of hydrogen-bond donors (Lipinski definition) is 1. The van der Waals surface area contributed by atoms with Crippen molar-refractivity contribution in [2.75, 3.05) is 0 Å². The first-order valence-electron chi connectivity index (χ1n) is 14.2. The van der Waals surface area contributed by atoms with Gasteiger partial charge in [-0.2, -0.15) is 26.3 Å². The third-order valence-corrected chi connectivity index (χ3v) is 9.30. The number of esters is 3. The molecule has 0 aromatic rings. The number of ether oxygens (including phenoxy) is 4. The Morgan fingerprint density at radius 3 is 1.76 bits per heavy atom. The highest BCUT2D eigenvalue weighted by Crippen LogP contribution is 2.52. The summed E-state index contributed by atoms with van der Waals surface area (Å²) in [5, 5.41) is 9.39. The molecule has 0 spiro atoms. The number of alkyl halides is 6. The zero-order chi connectivity index (χ0) is 32.1. The van der Waals surface area contributed by atoms with Gasteiger partial charge in [-0.1, -0.05) is 13.8 Å². The Kier molecular flexibility index (Phi) is 9.65. The highest BCUT2D eigenvalue weighted by molar-refractivity contribution is 5.79. The topological polar surface area (TPSA) is 108 Å². The lowest BCUT2D eigenvalue weighted by Crippen LogP contribution is -2.62. The first-order valence-corrected chi connectivity index (χ1v) is 14.2. The third-order valence-electron chi connectivity index (χ3n) is 9.30. The third kappa shape index (κ3) is 6.39. The van der Waals surface area contributed by atoms with E-state index in [2.05, 4.69) is 0 Å². The van der Waals surface area contributed by atoms with Crippen LogP contribution in [0.3, 0.4) is 0 Å². The molecule has 14 heteroatoms. The summed E-state index contributed by atoms with van der Waals surface area (Å²) in [7, 11) is 0. The van der Waals surface area contributed by atoms with E-state index in [0.717, 1.165) is 0 Å². The van der Waals surface area contributed by atoms with Crippen molar-refractivity contribution in [3.05, 3.63) is 0 Å². The number of fused-ring (bicyclic) bond motifs is 1. The highest BCUT2D eigenvalue weighted by atomic mass is 19.4. The van der Waals surface area contributed by atoms with Gasteiger partial charge in [-0.05, 0) is 72.6 Å². The van der Waals surface area contributed by atoms with Crippen LogP contribution in [-0.2, 0) is 33.3 Å². The van der Waals surface area contributed by atoms with Gasteiger partial charge in [0.05, 0.1) is 22.9 Å². The number of carbonyl (C=O) groups excluding carboxylic acids is 3. The second-order valence-electron chi connectivity index (χ2n) is 12.9. The lowest BCUT2D eigenvalue weighted by Gasteiger charge is -2.42. The van der Waals surface area contributed by atoms with Gasteiger partial charge in [-0.15, -0.1) is 0 Å². The fraction of sp³-hybridized carbons (Fsp3) is 0.893. The molecule has 1 saturated carbocycles. The summed E-state index contributed by atoms with van der Waals surface area (Å²) in [5.74, 6) is -3.14. The van der Waals surface area contributed by atoms with Crippen LogP contribution in [0.5, 0.6) is 0 Å². The van der Waals surface area contributed by atoms with Crippen LogP contribution in [0.4, 0.5) is 26.3 Å². The molecule has 0 aromatic carbocycles. The predicted molar refractivity (Wildman–Crippen MR) is 134 cm³/mol. The molecular weight excluding hydrogens is 578 g/mol. The van der Waals surface area contributed by atoms with Crippen LogP contribution in [0.1, 0.15) is 86.5 Å². The monoisotopic (exact) mass is 618 g/mol. The maximum atomic E-state index is 12.8. The van der Waals surface area contributed by atoms with Crippen LogP contribution >= 0.6 is 0 Å². The molecule has 3 saturated heterocycles. The Bertz CT molecular complexity index is 1000. The zero-order valence-corrected chi connectivity index (χ0v) is 24.6. The van der Waals surface area contributed by atoms with Gasteiger partial charge >= 0.3 is 30.3 Å². The van der Waals surface area contributed by atoms with E-state index in [-0.39, 0.29) is 42.9 Å². The fourth-order valence-electron chi connectivity index (χ4n) is 5.49. The minimum atomic E-state index is -5.82. The van der Waals surface area contributed by atoms with Gasteiger partial charge in [-0.25, -0.2) is 0 Å². The van der Waals surface area contributed by atoms with E-state index in [1.165, 1.54) is 0 Å². The Hall–Kier alpha value is -2.09. The quantitative estimate of drug-likeness (QED) is 0.229. The molecule has 4 aliphatic rings. The minimum Gasteiger partial charge on any atom is -0.462 e. The molecule has 2 bridgehead atoms. The van der Waals surface area contributed by atoms with Crippen LogP contribution < -0.4 is 0 Å². The smallest absolute Gasteiger partial charge is 0.426 e. The largest absolute Gasteiger partial charge is 0.462 e. The summed E-state index contributed by atoms with van der Waals surface area (Å²) in [4.78, 5) is 35.5. The number of halogens is 6. The van der Waals surface area contributed by atoms with E-state index in [1.807, 2.05) is 20.8 Å². The van der Waals surface area contributed by atoms with Crippen LogP contribution in [0.15, 0.2) is 0 Å². The average molecular weight is 619 g/mol. The average Bonchev–Trinajstić information content (AvgIpc) is 3.53. The standard InChI is InChI=1S/C15H22F6O3.C13H18O5/c1-4-12(2,3)11(22)24-10-7-5-9(6-8-10)13(23,14(16,17)18)15(19,20)21;1-4-13(2,3)12(15)18-9-7-5-6-8(16-7)10(9)17-11(6)14/h9-10,23H,4-8H2,1-3H3;6-10H,4-5H2,1-3H3. The van der Waals surface area contributed by atoms with E-state index in [9.17, 15) is 45.8 Å². The van der Waals surface area contributed by atoms with Crippen molar-refractivity contribution >= 4 is 17.9 Å². The molecule has 3 heterocycles. The molecule has 0 radical (unpaired) electrons. The van der Waals surface area contributed by atoms with Crippen molar-refractivity contribution in [2.24, 2.45) is 22.7 Å². The van der Waals surface area contributed by atoms with E-state index in [4.69, 9.17) is 18.9 Å². The highest BCUT2D eigenvalue weighted by Gasteiger charge is 2.73. The van der Waals surface area contributed by atoms with Crippen molar-refractivity contribution in [3.8, 4) is 0 Å². The lowest BCUT2D eigenvalue weighted by molar-refractivity contribution is -0.387. The lowest BCUT2D eigenvalue weighted by atomic mass is 9.75. The van der Waals surface area contributed by atoms with Crippen LogP contribution in [0.25, 0.3) is 0 Å². The van der Waals surface area contributed by atoms with E-state index >= 15 is 0 Å². The molecule has 1 N–H and O–H groups in total. The number of aliphatic hydroxyl groups is 1. The molecule has 5 unspecified atom stereocenters. The fourth-order valence-corrected chi connectivity index (χ4v) is 5.49. The zero-order valence-electron chi connectivity index (χ0n) is 24.6. The molecule has 4 rings (SSSR count). The molecule has 3 aliphatic heterocycles. The summed E-state index contributed by atoms with van der Waals surface area (Å²) < 4.78 is 98.7. The van der Waals surface area contributed by atoms with Gasteiger partial charge in [0.25, 0.3) is 5.60 Å². The van der Waals surface area contributed by atoms with Gasteiger partial charge in [0.15, 0.2) is 12.2 Å². The molecule has 5 atom stereocenters. The second kappa shape index (κ2) is 11.8. The van der Waals surface area contributed by atoms with Crippen molar-refractivity contribution in [3.63, 3.8) is 0 Å². The molecule has 42 heavy (non-hydrogen) atoms. The minimum absolute atomic E-state index is 0.144. The Morgan fingerprint density at radius 1 is 0.833 bits per heavy atom. The van der Waals surface area contributed by atoms with E-state index in [0.29, 0.717) is 19.3 Å². The van der Waals surface area contributed by atoms with Gasteiger partial charge in [0.2, 0.25) is 0 Å².